The van der Waals surface area contributed by atoms with E-state index >= 15 is 0 Å². The Morgan fingerprint density at radius 1 is 0.568 bits per heavy atom. The molecule has 0 saturated heterocycles. The van der Waals surface area contributed by atoms with Crippen LogP contribution in [0, 0.1) is 0 Å². The van der Waals surface area contributed by atoms with Crippen molar-refractivity contribution < 1.29 is 19.2 Å². The molecule has 0 bridgehead atoms. The van der Waals surface area contributed by atoms with Crippen molar-refractivity contribution in [2.75, 3.05) is 88.1 Å². The minimum absolute atomic E-state index is 0.0860. The summed E-state index contributed by atoms with van der Waals surface area (Å²) in [6.07, 6.45) is 0.0860. The molecule has 0 saturated carbocycles. The van der Waals surface area contributed by atoms with Crippen LogP contribution in [0.25, 0.3) is 0 Å². The Kier molecular flexibility index (Phi) is 21.2. The molecule has 12 N–H and O–H groups in total. The lowest BCUT2D eigenvalue weighted by molar-refractivity contribution is -0.130. The molecule has 16 heteroatoms. The third-order valence-electron chi connectivity index (χ3n) is 5.03. The predicted octanol–water partition coefficient (Wildman–Crippen LogP) is -6.36. The molecule has 0 spiro atoms. The average Bonchev–Trinajstić information content (AvgIpc) is 2.89. The molecule has 0 aromatic rings. The molecule has 0 rings (SSSR count). The molecule has 0 aromatic heterocycles. The second kappa shape index (κ2) is 22.7. The first-order valence-electron chi connectivity index (χ1n) is 12.4. The van der Waals surface area contributed by atoms with E-state index in [9.17, 15) is 19.2 Å². The summed E-state index contributed by atoms with van der Waals surface area (Å²) >= 11 is 0. The van der Waals surface area contributed by atoms with Crippen LogP contribution in [0.4, 0.5) is 0 Å². The van der Waals surface area contributed by atoms with Crippen molar-refractivity contribution in [3.63, 3.8) is 0 Å². The first-order valence-corrected chi connectivity index (χ1v) is 12.4. The summed E-state index contributed by atoms with van der Waals surface area (Å²) in [4.78, 5) is 50.3. The third kappa shape index (κ3) is 16.8. The Labute approximate surface area is 219 Å². The minimum Gasteiger partial charge on any atom is -0.359 e. The Morgan fingerprint density at radius 3 is 1.54 bits per heavy atom. The quantitative estimate of drug-likeness (QED) is 0.0437. The van der Waals surface area contributed by atoms with Crippen molar-refractivity contribution in [1.29, 1.82) is 0 Å². The molecule has 3 atom stereocenters. The van der Waals surface area contributed by atoms with Gasteiger partial charge in [-0.05, 0) is 28.2 Å². The van der Waals surface area contributed by atoms with Gasteiger partial charge in [0, 0.05) is 66.3 Å². The molecule has 0 radical (unpaired) electrons. The summed E-state index contributed by atoms with van der Waals surface area (Å²) in [6, 6.07) is -2.28. The normalized spacial score (nSPS) is 13.3. The van der Waals surface area contributed by atoms with Gasteiger partial charge >= 0.3 is 0 Å². The van der Waals surface area contributed by atoms with Crippen molar-refractivity contribution >= 4 is 23.6 Å². The number of amides is 4. The van der Waals surface area contributed by atoms with E-state index in [1.165, 1.54) is 7.05 Å². The van der Waals surface area contributed by atoms with Gasteiger partial charge < -0.3 is 53.2 Å². The SMILES string of the molecule is CNCNCC(NCNC)C(=O)NCC(NC(=O)C(CNCNC)NCNC)C(=O)NCCC(=O)NC. The lowest BCUT2D eigenvalue weighted by Gasteiger charge is -2.25. The number of hydrogen-bond donors (Lipinski definition) is 12. The maximum absolute atomic E-state index is 13.0. The summed E-state index contributed by atoms with van der Waals surface area (Å²) in [5, 5.41) is 34.6. The van der Waals surface area contributed by atoms with Crippen LogP contribution in [0.3, 0.4) is 0 Å². The average molecular weight is 533 g/mol. The van der Waals surface area contributed by atoms with Crippen LogP contribution in [0.15, 0.2) is 0 Å². The van der Waals surface area contributed by atoms with Gasteiger partial charge in [0.15, 0.2) is 0 Å². The van der Waals surface area contributed by atoms with Crippen LogP contribution in [-0.2, 0) is 19.2 Å². The monoisotopic (exact) mass is 532 g/mol. The van der Waals surface area contributed by atoms with Crippen LogP contribution in [0.2, 0.25) is 0 Å². The van der Waals surface area contributed by atoms with Crippen molar-refractivity contribution in [1.82, 2.24) is 63.8 Å². The fourth-order valence-electron chi connectivity index (χ4n) is 3.00. The molecule has 4 amide bonds. The third-order valence-corrected chi connectivity index (χ3v) is 5.03. The highest BCUT2D eigenvalue weighted by molar-refractivity contribution is 5.91. The van der Waals surface area contributed by atoms with Crippen LogP contribution < -0.4 is 63.8 Å². The molecule has 0 aromatic carbocycles. The van der Waals surface area contributed by atoms with Gasteiger partial charge in [-0.15, -0.1) is 0 Å². The van der Waals surface area contributed by atoms with E-state index in [2.05, 4.69) is 63.8 Å². The van der Waals surface area contributed by atoms with E-state index in [4.69, 9.17) is 0 Å². The van der Waals surface area contributed by atoms with Crippen LogP contribution in [0.5, 0.6) is 0 Å². The maximum atomic E-state index is 13.0. The largest absolute Gasteiger partial charge is 0.359 e. The fourth-order valence-corrected chi connectivity index (χ4v) is 3.00. The first kappa shape index (κ1) is 34.6. The second-order valence-corrected chi connectivity index (χ2v) is 8.06. The van der Waals surface area contributed by atoms with Gasteiger partial charge in [0.2, 0.25) is 23.6 Å². The summed E-state index contributed by atoms with van der Waals surface area (Å²) in [5.74, 6) is -1.49. The van der Waals surface area contributed by atoms with Crippen LogP contribution >= 0.6 is 0 Å². The number of rotatable bonds is 23. The number of carbonyl (C=O) groups excluding carboxylic acids is 4. The van der Waals surface area contributed by atoms with E-state index in [1.807, 2.05) is 0 Å². The van der Waals surface area contributed by atoms with Crippen molar-refractivity contribution in [3.8, 4) is 0 Å². The van der Waals surface area contributed by atoms with Crippen molar-refractivity contribution in [3.05, 3.63) is 0 Å². The minimum atomic E-state index is -1.06. The molecule has 216 valence electrons. The van der Waals surface area contributed by atoms with E-state index < -0.39 is 29.9 Å². The molecular formula is C21H48N12O4. The summed E-state index contributed by atoms with van der Waals surface area (Å²) in [7, 11) is 8.56. The van der Waals surface area contributed by atoms with Crippen LogP contribution in [0.1, 0.15) is 6.42 Å². The number of carbonyl (C=O) groups is 4. The Hall–Kier alpha value is -2.44. The zero-order chi connectivity index (χ0) is 27.9. The van der Waals surface area contributed by atoms with E-state index in [0.717, 1.165) is 0 Å². The van der Waals surface area contributed by atoms with Gasteiger partial charge in [0.25, 0.3) is 0 Å². The summed E-state index contributed by atoms with van der Waals surface area (Å²) in [5.41, 5.74) is 0. The lowest BCUT2D eigenvalue weighted by Crippen LogP contribution is -2.60. The predicted molar refractivity (Wildman–Crippen MR) is 142 cm³/mol. The Balaban J connectivity index is 5.35. The van der Waals surface area contributed by atoms with Gasteiger partial charge in [-0.3, -0.25) is 29.8 Å². The van der Waals surface area contributed by atoms with E-state index in [0.29, 0.717) is 39.8 Å². The van der Waals surface area contributed by atoms with Gasteiger partial charge in [-0.2, -0.15) is 0 Å². The zero-order valence-electron chi connectivity index (χ0n) is 22.7. The molecule has 0 fully saturated rings. The molecule has 0 aliphatic rings. The maximum Gasteiger partial charge on any atom is 0.244 e. The summed E-state index contributed by atoms with van der Waals surface area (Å²) < 4.78 is 0. The smallest absolute Gasteiger partial charge is 0.244 e. The first-order chi connectivity index (χ1) is 17.8. The van der Waals surface area contributed by atoms with Gasteiger partial charge in [-0.1, -0.05) is 0 Å². The fraction of sp³-hybridized carbons (Fsp3) is 0.810. The zero-order valence-corrected chi connectivity index (χ0v) is 22.7. The molecule has 37 heavy (non-hydrogen) atoms. The van der Waals surface area contributed by atoms with Crippen molar-refractivity contribution in [2.45, 2.75) is 24.5 Å². The number of nitrogens with one attached hydrogen (secondary N) is 12. The van der Waals surface area contributed by atoms with Crippen molar-refractivity contribution in [2.24, 2.45) is 0 Å². The Bertz CT molecular complexity index is 655. The van der Waals surface area contributed by atoms with Gasteiger partial charge in [-0.25, -0.2) is 0 Å². The topological polar surface area (TPSA) is 213 Å². The summed E-state index contributed by atoms with van der Waals surface area (Å²) in [6.45, 7) is 2.38. The van der Waals surface area contributed by atoms with Gasteiger partial charge in [0.05, 0.1) is 0 Å². The molecule has 0 aliphatic heterocycles. The van der Waals surface area contributed by atoms with Gasteiger partial charge in [0.1, 0.15) is 18.1 Å². The number of hydrogen-bond acceptors (Lipinski definition) is 12. The highest BCUT2D eigenvalue weighted by Crippen LogP contribution is 1.92. The standard InChI is InChI=1S/C21H48N12O4/c1-22-11-27-8-15(31-13-24-3)19(35)30-10-17(20(36)29-7-6-18(34)26-5)33-21(37)16(32-14-25-4)9-28-12-23-2/h15-17,22-25,27-28,31-32H,6-14H2,1-5H3,(H,26,34)(H,29,36)(H,30,35)(H,33,37). The molecule has 3 unspecified atom stereocenters. The Morgan fingerprint density at radius 2 is 1.05 bits per heavy atom. The molecule has 0 aliphatic carbocycles. The van der Waals surface area contributed by atoms with E-state index in [-0.39, 0.29) is 31.3 Å². The van der Waals surface area contributed by atoms with E-state index in [1.54, 1.807) is 28.2 Å². The highest BCUT2D eigenvalue weighted by atomic mass is 16.2. The highest BCUT2D eigenvalue weighted by Gasteiger charge is 2.27. The molecule has 0 heterocycles. The lowest BCUT2D eigenvalue weighted by atomic mass is 10.2. The van der Waals surface area contributed by atoms with Crippen LogP contribution in [-0.4, -0.2) is 130 Å². The molecular weight excluding hydrogens is 484 g/mol. The molecule has 16 nitrogen and oxygen atoms in total. The second-order valence-electron chi connectivity index (χ2n) is 8.06.